The number of nitrogen functional groups attached to an aromatic ring is 1. The highest BCUT2D eigenvalue weighted by Gasteiger charge is 2.03. The molecule has 0 spiro atoms. The van der Waals surface area contributed by atoms with Gasteiger partial charge in [0.15, 0.2) is 0 Å². The Morgan fingerprint density at radius 1 is 1.40 bits per heavy atom. The van der Waals surface area contributed by atoms with Crippen LogP contribution in [0.2, 0.25) is 0 Å². The third-order valence-corrected chi connectivity index (χ3v) is 2.68. The fourth-order valence-electron chi connectivity index (χ4n) is 1.75. The van der Waals surface area contributed by atoms with Gasteiger partial charge in [0.25, 0.3) is 0 Å². The molecule has 5 heteroatoms. The second kappa shape index (κ2) is 6.43. The fourth-order valence-corrected chi connectivity index (χ4v) is 1.75. The van der Waals surface area contributed by atoms with Crippen LogP contribution in [0.1, 0.15) is 11.1 Å². The summed E-state index contributed by atoms with van der Waals surface area (Å²) in [6.07, 6.45) is 1.52. The Morgan fingerprint density at radius 2 is 2.25 bits per heavy atom. The van der Waals surface area contributed by atoms with Gasteiger partial charge in [-0.3, -0.25) is 0 Å². The Kier molecular flexibility index (Phi) is 4.40. The zero-order chi connectivity index (χ0) is 14.4. The Labute approximate surface area is 118 Å². The number of nitrogens with zero attached hydrogens (tertiary/aromatic N) is 2. The highest BCUT2D eigenvalue weighted by atomic mass is 16.5. The molecule has 5 nitrogen and oxygen atoms in total. The topological polar surface area (TPSA) is 84.0 Å². The normalized spacial score (nSPS) is 9.80. The number of ether oxygens (including phenoxy) is 1. The highest BCUT2D eigenvalue weighted by molar-refractivity contribution is 5.57. The van der Waals surface area contributed by atoms with Crippen LogP contribution in [0.3, 0.4) is 0 Å². The molecule has 1 heterocycles. The Bertz CT molecular complexity index is 634. The lowest BCUT2D eigenvalue weighted by Crippen LogP contribution is -2.13. The molecule has 0 fully saturated rings. The van der Waals surface area contributed by atoms with E-state index in [-0.39, 0.29) is 0 Å². The molecule has 0 bridgehead atoms. The number of nitrogens with two attached hydrogens (primary N) is 1. The quantitative estimate of drug-likeness (QED) is 0.813. The molecular weight excluding hydrogens is 252 g/mol. The molecule has 102 valence electrons. The van der Waals surface area contributed by atoms with E-state index in [9.17, 15) is 0 Å². The first-order chi connectivity index (χ1) is 9.69. The number of hydrogen-bond acceptors (Lipinski definition) is 5. The van der Waals surface area contributed by atoms with Crippen LogP contribution in [-0.2, 0) is 0 Å². The predicted octanol–water partition coefficient (Wildman–Crippen LogP) is 2.33. The van der Waals surface area contributed by atoms with Crippen LogP contribution in [0, 0.1) is 18.3 Å². The number of pyridine rings is 1. The summed E-state index contributed by atoms with van der Waals surface area (Å²) in [4.78, 5) is 4.09. The van der Waals surface area contributed by atoms with E-state index in [1.807, 2.05) is 31.2 Å². The van der Waals surface area contributed by atoms with Gasteiger partial charge in [-0.15, -0.1) is 0 Å². The van der Waals surface area contributed by atoms with E-state index in [4.69, 9.17) is 15.7 Å². The van der Waals surface area contributed by atoms with Gasteiger partial charge < -0.3 is 15.8 Å². The van der Waals surface area contributed by atoms with Crippen LogP contribution in [0.5, 0.6) is 5.75 Å². The summed E-state index contributed by atoms with van der Waals surface area (Å²) in [5.41, 5.74) is 7.64. The second-order valence-corrected chi connectivity index (χ2v) is 4.37. The SMILES string of the molecule is Cc1cccc(OCCNc2ncc(N)cc2C#N)c1. The largest absolute Gasteiger partial charge is 0.492 e. The maximum atomic E-state index is 8.99. The van der Waals surface area contributed by atoms with Crippen molar-refractivity contribution in [2.45, 2.75) is 6.92 Å². The fraction of sp³-hybridized carbons (Fsp3) is 0.200. The van der Waals surface area contributed by atoms with Gasteiger partial charge in [-0.1, -0.05) is 12.1 Å². The lowest BCUT2D eigenvalue weighted by Gasteiger charge is -2.09. The van der Waals surface area contributed by atoms with Gasteiger partial charge in [0.1, 0.15) is 24.2 Å². The van der Waals surface area contributed by atoms with E-state index in [1.165, 1.54) is 6.20 Å². The first-order valence-electron chi connectivity index (χ1n) is 6.28. The molecule has 0 amide bonds. The molecule has 0 saturated heterocycles. The minimum atomic E-state index is 0.431. The molecule has 1 aromatic heterocycles. The Morgan fingerprint density at radius 3 is 3.00 bits per heavy atom. The lowest BCUT2D eigenvalue weighted by molar-refractivity contribution is 0.332. The van der Waals surface area contributed by atoms with Crippen molar-refractivity contribution < 1.29 is 4.74 Å². The average Bonchev–Trinajstić information content (AvgIpc) is 2.45. The van der Waals surface area contributed by atoms with Crippen LogP contribution in [0.4, 0.5) is 11.5 Å². The third-order valence-electron chi connectivity index (χ3n) is 2.68. The molecule has 2 aromatic rings. The molecule has 0 aliphatic heterocycles. The molecule has 1 aromatic carbocycles. The van der Waals surface area contributed by atoms with Crippen LogP contribution in [-0.4, -0.2) is 18.1 Å². The standard InChI is InChI=1S/C15H16N4O/c1-11-3-2-4-14(7-11)20-6-5-18-15-12(9-16)8-13(17)10-19-15/h2-4,7-8,10H,5-6,17H2,1H3,(H,18,19). The highest BCUT2D eigenvalue weighted by Crippen LogP contribution is 2.14. The number of benzene rings is 1. The average molecular weight is 268 g/mol. The molecule has 0 saturated carbocycles. The maximum Gasteiger partial charge on any atom is 0.144 e. The van der Waals surface area contributed by atoms with Crippen molar-refractivity contribution in [1.29, 1.82) is 5.26 Å². The first kappa shape index (κ1) is 13.7. The summed E-state index contributed by atoms with van der Waals surface area (Å²) < 4.78 is 5.61. The monoisotopic (exact) mass is 268 g/mol. The summed E-state index contributed by atoms with van der Waals surface area (Å²) >= 11 is 0. The molecule has 0 atom stereocenters. The molecule has 2 rings (SSSR count). The molecule has 0 aliphatic carbocycles. The van der Waals surface area contributed by atoms with Crippen molar-refractivity contribution in [1.82, 2.24) is 4.98 Å². The van der Waals surface area contributed by atoms with E-state index >= 15 is 0 Å². The number of aryl methyl sites for hydroxylation is 1. The molecule has 0 unspecified atom stereocenters. The zero-order valence-electron chi connectivity index (χ0n) is 11.3. The Hall–Kier alpha value is -2.74. The van der Waals surface area contributed by atoms with E-state index in [2.05, 4.69) is 16.4 Å². The predicted molar refractivity (Wildman–Crippen MR) is 78.5 cm³/mol. The van der Waals surface area contributed by atoms with Crippen LogP contribution >= 0.6 is 0 Å². The number of anilines is 2. The Balaban J connectivity index is 1.86. The minimum absolute atomic E-state index is 0.431. The molecule has 0 radical (unpaired) electrons. The van der Waals surface area contributed by atoms with Gasteiger partial charge in [0, 0.05) is 0 Å². The first-order valence-corrected chi connectivity index (χ1v) is 6.28. The van der Waals surface area contributed by atoms with Crippen molar-refractivity contribution in [3.8, 4) is 11.8 Å². The van der Waals surface area contributed by atoms with Gasteiger partial charge >= 0.3 is 0 Å². The zero-order valence-corrected chi connectivity index (χ0v) is 11.3. The number of aromatic nitrogens is 1. The third kappa shape index (κ3) is 3.62. The number of hydrogen-bond donors (Lipinski definition) is 2. The van der Waals surface area contributed by atoms with Gasteiger partial charge in [-0.2, -0.15) is 5.26 Å². The summed E-state index contributed by atoms with van der Waals surface area (Å²) in [6, 6.07) is 11.5. The molecular formula is C15H16N4O. The summed E-state index contributed by atoms with van der Waals surface area (Å²) in [5.74, 6) is 1.35. The maximum absolute atomic E-state index is 8.99. The number of rotatable bonds is 5. The summed E-state index contributed by atoms with van der Waals surface area (Å²) in [7, 11) is 0. The van der Waals surface area contributed by atoms with Gasteiger partial charge in [0.2, 0.25) is 0 Å². The second-order valence-electron chi connectivity index (χ2n) is 4.37. The van der Waals surface area contributed by atoms with E-state index < -0.39 is 0 Å². The number of nitrogens with one attached hydrogen (secondary N) is 1. The van der Waals surface area contributed by atoms with Gasteiger partial charge in [0.05, 0.1) is 24.0 Å². The van der Waals surface area contributed by atoms with E-state index in [0.29, 0.717) is 30.2 Å². The molecule has 20 heavy (non-hydrogen) atoms. The van der Waals surface area contributed by atoms with Crippen LogP contribution in [0.15, 0.2) is 36.5 Å². The lowest BCUT2D eigenvalue weighted by atomic mass is 10.2. The van der Waals surface area contributed by atoms with Crippen LogP contribution < -0.4 is 15.8 Å². The van der Waals surface area contributed by atoms with E-state index in [1.54, 1.807) is 6.07 Å². The van der Waals surface area contributed by atoms with Gasteiger partial charge in [-0.25, -0.2) is 4.98 Å². The van der Waals surface area contributed by atoms with Crippen molar-refractivity contribution >= 4 is 11.5 Å². The van der Waals surface area contributed by atoms with Crippen molar-refractivity contribution in [2.75, 3.05) is 24.2 Å². The van der Waals surface area contributed by atoms with Gasteiger partial charge in [-0.05, 0) is 30.7 Å². The minimum Gasteiger partial charge on any atom is -0.492 e. The molecule has 3 N–H and O–H groups in total. The number of nitriles is 1. The van der Waals surface area contributed by atoms with Crippen LogP contribution in [0.25, 0.3) is 0 Å². The van der Waals surface area contributed by atoms with Crippen molar-refractivity contribution in [3.05, 3.63) is 47.7 Å². The molecule has 0 aliphatic rings. The van der Waals surface area contributed by atoms with Crippen molar-refractivity contribution in [3.63, 3.8) is 0 Å². The summed E-state index contributed by atoms with van der Waals surface area (Å²) in [5, 5.41) is 12.1. The van der Waals surface area contributed by atoms with E-state index in [0.717, 1.165) is 11.3 Å². The van der Waals surface area contributed by atoms with Crippen molar-refractivity contribution in [2.24, 2.45) is 0 Å². The summed E-state index contributed by atoms with van der Waals surface area (Å²) in [6.45, 7) is 3.06. The smallest absolute Gasteiger partial charge is 0.144 e.